The summed E-state index contributed by atoms with van der Waals surface area (Å²) in [6.45, 7) is 0. The molecule has 2 heteroatoms. The maximum Gasteiger partial charge on any atom is 0.122 e. The number of alkyl halides is 1. The van der Waals surface area contributed by atoms with Crippen LogP contribution in [0.25, 0.3) is 0 Å². The third-order valence-electron chi connectivity index (χ3n) is 2.74. The van der Waals surface area contributed by atoms with Gasteiger partial charge in [0.15, 0.2) is 0 Å². The Bertz CT molecular complexity index is 480. The van der Waals surface area contributed by atoms with Crippen LogP contribution in [-0.2, 0) is 12.3 Å². The summed E-state index contributed by atoms with van der Waals surface area (Å²) in [6, 6.07) is 16.5. The van der Waals surface area contributed by atoms with E-state index >= 15 is 0 Å². The lowest BCUT2D eigenvalue weighted by Crippen LogP contribution is -1.95. The van der Waals surface area contributed by atoms with Crippen molar-refractivity contribution in [2.24, 2.45) is 0 Å². The van der Waals surface area contributed by atoms with Crippen molar-refractivity contribution in [1.82, 2.24) is 0 Å². The molecule has 0 atom stereocenters. The average molecular weight is 247 g/mol. The van der Waals surface area contributed by atoms with E-state index in [1.165, 1.54) is 11.1 Å². The van der Waals surface area contributed by atoms with Gasteiger partial charge in [-0.1, -0.05) is 42.5 Å². The van der Waals surface area contributed by atoms with Crippen molar-refractivity contribution in [1.29, 1.82) is 0 Å². The molecule has 0 unspecified atom stereocenters. The lowest BCUT2D eigenvalue weighted by molar-refractivity contribution is 0.410. The summed E-state index contributed by atoms with van der Waals surface area (Å²) in [6.07, 6.45) is 0.882. The molecule has 0 saturated carbocycles. The van der Waals surface area contributed by atoms with Gasteiger partial charge in [-0.25, -0.2) is 0 Å². The molecule has 0 fully saturated rings. The van der Waals surface area contributed by atoms with Crippen LogP contribution in [0.15, 0.2) is 48.5 Å². The Morgan fingerprint density at radius 3 is 2.41 bits per heavy atom. The average Bonchev–Trinajstić information content (AvgIpc) is 2.40. The Labute approximate surface area is 107 Å². The van der Waals surface area contributed by atoms with E-state index in [0.717, 1.165) is 17.7 Å². The molecule has 2 aromatic rings. The second-order valence-electron chi connectivity index (χ2n) is 3.94. The molecular formula is C15H15ClO. The number of methoxy groups -OCH3 is 1. The van der Waals surface area contributed by atoms with Crippen LogP contribution in [-0.4, -0.2) is 7.11 Å². The predicted molar refractivity (Wildman–Crippen MR) is 71.8 cm³/mol. The lowest BCUT2D eigenvalue weighted by Gasteiger charge is -2.10. The molecular weight excluding hydrogens is 232 g/mol. The molecule has 2 aromatic carbocycles. The van der Waals surface area contributed by atoms with Crippen LogP contribution in [0, 0.1) is 0 Å². The van der Waals surface area contributed by atoms with Gasteiger partial charge < -0.3 is 4.74 Å². The molecule has 0 aliphatic carbocycles. The Balaban J connectivity index is 2.26. The van der Waals surface area contributed by atoms with E-state index in [1.54, 1.807) is 7.11 Å². The number of benzene rings is 2. The minimum atomic E-state index is 0.516. The van der Waals surface area contributed by atoms with Crippen molar-refractivity contribution in [3.05, 3.63) is 65.2 Å². The Hall–Kier alpha value is -1.47. The smallest absolute Gasteiger partial charge is 0.122 e. The first-order valence-corrected chi connectivity index (χ1v) is 6.12. The largest absolute Gasteiger partial charge is 0.496 e. The second kappa shape index (κ2) is 5.74. The van der Waals surface area contributed by atoms with Gasteiger partial charge in [-0.3, -0.25) is 0 Å². The molecule has 88 valence electrons. The van der Waals surface area contributed by atoms with Gasteiger partial charge in [0.25, 0.3) is 0 Å². The zero-order valence-electron chi connectivity index (χ0n) is 9.82. The summed E-state index contributed by atoms with van der Waals surface area (Å²) < 4.78 is 5.40. The number of halogens is 1. The van der Waals surface area contributed by atoms with Gasteiger partial charge >= 0.3 is 0 Å². The summed E-state index contributed by atoms with van der Waals surface area (Å²) in [5.41, 5.74) is 3.55. The second-order valence-corrected chi connectivity index (χ2v) is 4.21. The molecule has 0 aliphatic rings. The van der Waals surface area contributed by atoms with Crippen molar-refractivity contribution in [3.8, 4) is 5.75 Å². The van der Waals surface area contributed by atoms with Crippen LogP contribution < -0.4 is 4.74 Å². The minimum absolute atomic E-state index is 0.516. The molecule has 0 heterocycles. The fourth-order valence-corrected chi connectivity index (χ4v) is 2.00. The summed E-state index contributed by atoms with van der Waals surface area (Å²) in [7, 11) is 1.70. The molecule has 0 amide bonds. The topological polar surface area (TPSA) is 9.23 Å². The summed E-state index contributed by atoms with van der Waals surface area (Å²) >= 11 is 5.81. The quantitative estimate of drug-likeness (QED) is 0.741. The van der Waals surface area contributed by atoms with Gasteiger partial charge in [0.2, 0.25) is 0 Å². The van der Waals surface area contributed by atoms with Crippen molar-refractivity contribution in [3.63, 3.8) is 0 Å². The van der Waals surface area contributed by atoms with Gasteiger partial charge in [-0.2, -0.15) is 0 Å². The maximum absolute atomic E-state index is 5.81. The third-order valence-corrected chi connectivity index (χ3v) is 3.05. The van der Waals surface area contributed by atoms with Crippen LogP contribution in [0.4, 0.5) is 0 Å². The number of ether oxygens (including phenoxy) is 1. The molecule has 0 aliphatic heterocycles. The van der Waals surface area contributed by atoms with Crippen molar-refractivity contribution in [2.45, 2.75) is 12.3 Å². The van der Waals surface area contributed by atoms with Crippen LogP contribution >= 0.6 is 11.6 Å². The lowest BCUT2D eigenvalue weighted by atomic mass is 10.0. The molecule has 0 aromatic heterocycles. The SMILES string of the molecule is COc1cc(CCl)ccc1Cc1ccccc1. The highest BCUT2D eigenvalue weighted by atomic mass is 35.5. The number of hydrogen-bond acceptors (Lipinski definition) is 1. The van der Waals surface area contributed by atoms with Crippen LogP contribution in [0.2, 0.25) is 0 Å². The highest BCUT2D eigenvalue weighted by molar-refractivity contribution is 6.17. The van der Waals surface area contributed by atoms with Gasteiger partial charge in [0.1, 0.15) is 5.75 Å². The van der Waals surface area contributed by atoms with Crippen LogP contribution in [0.5, 0.6) is 5.75 Å². The van der Waals surface area contributed by atoms with E-state index in [0.29, 0.717) is 5.88 Å². The monoisotopic (exact) mass is 246 g/mol. The summed E-state index contributed by atoms with van der Waals surface area (Å²) in [4.78, 5) is 0. The molecule has 0 bridgehead atoms. The van der Waals surface area contributed by atoms with E-state index < -0.39 is 0 Å². The van der Waals surface area contributed by atoms with E-state index in [2.05, 4.69) is 30.3 Å². The number of hydrogen-bond donors (Lipinski definition) is 0. The molecule has 17 heavy (non-hydrogen) atoms. The highest BCUT2D eigenvalue weighted by Gasteiger charge is 2.05. The first-order chi connectivity index (χ1) is 8.33. The standard InChI is InChI=1S/C15H15ClO/c1-17-15-10-13(11-16)7-8-14(15)9-12-5-3-2-4-6-12/h2-8,10H,9,11H2,1H3. The molecule has 0 saturated heterocycles. The minimum Gasteiger partial charge on any atom is -0.496 e. The van der Waals surface area contributed by atoms with E-state index in [9.17, 15) is 0 Å². The molecule has 1 nitrogen and oxygen atoms in total. The number of rotatable bonds is 4. The normalized spacial score (nSPS) is 10.2. The Kier molecular flexibility index (Phi) is 4.05. The maximum atomic E-state index is 5.81. The molecule has 0 spiro atoms. The van der Waals surface area contributed by atoms with Crippen molar-refractivity contribution >= 4 is 11.6 Å². The highest BCUT2D eigenvalue weighted by Crippen LogP contribution is 2.23. The van der Waals surface area contributed by atoms with E-state index in [1.807, 2.05) is 18.2 Å². The first-order valence-electron chi connectivity index (χ1n) is 5.59. The van der Waals surface area contributed by atoms with E-state index in [-0.39, 0.29) is 0 Å². The molecule has 0 radical (unpaired) electrons. The van der Waals surface area contributed by atoms with Crippen molar-refractivity contribution in [2.75, 3.05) is 7.11 Å². The van der Waals surface area contributed by atoms with Gasteiger partial charge in [0, 0.05) is 12.3 Å². The zero-order valence-corrected chi connectivity index (χ0v) is 10.6. The van der Waals surface area contributed by atoms with Crippen LogP contribution in [0.1, 0.15) is 16.7 Å². The Morgan fingerprint density at radius 2 is 1.76 bits per heavy atom. The fraction of sp³-hybridized carbons (Fsp3) is 0.200. The molecule has 0 N–H and O–H groups in total. The summed E-state index contributed by atoms with van der Waals surface area (Å²) in [5.74, 6) is 1.43. The van der Waals surface area contributed by atoms with Gasteiger partial charge in [-0.05, 0) is 22.8 Å². The van der Waals surface area contributed by atoms with Gasteiger partial charge in [-0.15, -0.1) is 11.6 Å². The van der Waals surface area contributed by atoms with E-state index in [4.69, 9.17) is 16.3 Å². The zero-order chi connectivity index (χ0) is 12.1. The van der Waals surface area contributed by atoms with Crippen molar-refractivity contribution < 1.29 is 4.74 Å². The summed E-state index contributed by atoms with van der Waals surface area (Å²) in [5, 5.41) is 0. The van der Waals surface area contributed by atoms with Gasteiger partial charge in [0.05, 0.1) is 7.11 Å². The predicted octanol–water partition coefficient (Wildman–Crippen LogP) is 4.02. The molecule has 2 rings (SSSR count). The fourth-order valence-electron chi connectivity index (χ4n) is 1.83. The van der Waals surface area contributed by atoms with Crippen LogP contribution in [0.3, 0.4) is 0 Å². The first kappa shape index (κ1) is 12.0. The Morgan fingerprint density at radius 1 is 1.00 bits per heavy atom. The third kappa shape index (κ3) is 3.01.